The van der Waals surface area contributed by atoms with Gasteiger partial charge in [0.2, 0.25) is 0 Å². The Labute approximate surface area is 152 Å². The molecule has 1 aliphatic heterocycles. The molecule has 9 heteroatoms. The lowest BCUT2D eigenvalue weighted by Gasteiger charge is -2.26. The van der Waals surface area contributed by atoms with Gasteiger partial charge in [-0.2, -0.15) is 5.26 Å². The van der Waals surface area contributed by atoms with Gasteiger partial charge >= 0.3 is 6.09 Å². The summed E-state index contributed by atoms with van der Waals surface area (Å²) in [6.07, 6.45) is -0.762. The molecule has 0 spiro atoms. The van der Waals surface area contributed by atoms with E-state index in [0.29, 0.717) is 5.56 Å². The third-order valence-corrected chi connectivity index (χ3v) is 6.33. The minimum atomic E-state index is -4.06. The third kappa shape index (κ3) is 3.98. The maximum absolute atomic E-state index is 12.9. The highest BCUT2D eigenvalue weighted by molar-refractivity contribution is 7.92. The first-order valence-electron chi connectivity index (χ1n) is 7.98. The van der Waals surface area contributed by atoms with Crippen LogP contribution in [0.1, 0.15) is 26.3 Å². The van der Waals surface area contributed by atoms with Crippen LogP contribution < -0.4 is 0 Å². The number of amides is 1. The number of β-amino-alcohol motifs (C(OH)–C–C–N with tert-alkyl or cyclic N) is 1. The third-order valence-electron chi connectivity index (χ3n) is 4.06. The Hall–Kier alpha value is -2.15. The van der Waals surface area contributed by atoms with Crippen molar-refractivity contribution in [2.75, 3.05) is 19.7 Å². The van der Waals surface area contributed by atoms with Crippen LogP contribution in [-0.4, -0.2) is 65.8 Å². The van der Waals surface area contributed by atoms with E-state index in [1.54, 1.807) is 20.8 Å². The number of rotatable bonds is 3. The lowest BCUT2D eigenvalue weighted by molar-refractivity contribution is -0.0108. The second kappa shape index (κ2) is 6.87. The van der Waals surface area contributed by atoms with Gasteiger partial charge in [0.05, 0.1) is 29.7 Å². The number of sulfone groups is 1. The fourth-order valence-corrected chi connectivity index (χ4v) is 4.70. The highest BCUT2D eigenvalue weighted by Gasteiger charge is 2.54. The fraction of sp³-hybridized carbons (Fsp3) is 0.529. The summed E-state index contributed by atoms with van der Waals surface area (Å²) in [5, 5.41) is 27.6. The highest BCUT2D eigenvalue weighted by atomic mass is 32.2. The maximum Gasteiger partial charge on any atom is 0.410 e. The number of nitriles is 1. The topological polar surface area (TPSA) is 128 Å². The number of benzene rings is 1. The maximum atomic E-state index is 12.9. The number of likely N-dealkylation sites (tertiary alicyclic amines) is 1. The van der Waals surface area contributed by atoms with Crippen LogP contribution in [0.5, 0.6) is 0 Å². The van der Waals surface area contributed by atoms with Crippen LogP contribution in [0.2, 0.25) is 0 Å². The van der Waals surface area contributed by atoms with Gasteiger partial charge in [-0.05, 0) is 45.0 Å². The molecule has 2 N–H and O–H groups in total. The first-order valence-corrected chi connectivity index (χ1v) is 9.53. The first-order chi connectivity index (χ1) is 11.9. The summed E-state index contributed by atoms with van der Waals surface area (Å²) in [4.78, 5) is 13.2. The molecule has 0 saturated carbocycles. The average Bonchev–Trinajstić information content (AvgIpc) is 2.93. The standard InChI is InChI=1S/C17H22N2O6S/c1-16(2,3)25-15(21)19-9-14(17(22,10-19)11-20)26(23,24)13-6-4-12(8-18)5-7-13/h4-7,14,20,22H,9-11H2,1-3H3. The van der Waals surface area contributed by atoms with E-state index in [0.717, 1.165) is 4.90 Å². The number of ether oxygens (including phenoxy) is 1. The van der Waals surface area contributed by atoms with Gasteiger partial charge in [0, 0.05) is 6.54 Å². The quantitative estimate of drug-likeness (QED) is 0.786. The second-order valence-electron chi connectivity index (χ2n) is 7.29. The summed E-state index contributed by atoms with van der Waals surface area (Å²) in [5.74, 6) is 0. The van der Waals surface area contributed by atoms with Crippen LogP contribution >= 0.6 is 0 Å². The molecule has 8 nitrogen and oxygen atoms in total. The average molecular weight is 382 g/mol. The Morgan fingerprint density at radius 3 is 2.42 bits per heavy atom. The minimum absolute atomic E-state index is 0.0978. The molecule has 1 fully saturated rings. The smallest absolute Gasteiger partial charge is 0.410 e. The van der Waals surface area contributed by atoms with Crippen LogP contribution in [0.4, 0.5) is 4.79 Å². The Bertz CT molecular complexity index is 822. The Balaban J connectivity index is 2.34. The van der Waals surface area contributed by atoms with Gasteiger partial charge in [0.1, 0.15) is 16.5 Å². The largest absolute Gasteiger partial charge is 0.444 e. The van der Waals surface area contributed by atoms with E-state index >= 15 is 0 Å². The summed E-state index contributed by atoms with van der Waals surface area (Å²) >= 11 is 0. The molecule has 2 rings (SSSR count). The van der Waals surface area contributed by atoms with E-state index in [4.69, 9.17) is 10.00 Å². The molecule has 2 atom stereocenters. The predicted octanol–water partition coefficient (Wildman–Crippen LogP) is 0.675. The van der Waals surface area contributed by atoms with Crippen molar-refractivity contribution in [3.63, 3.8) is 0 Å². The molecule has 26 heavy (non-hydrogen) atoms. The monoisotopic (exact) mass is 382 g/mol. The molecule has 2 unspecified atom stereocenters. The Morgan fingerprint density at radius 2 is 1.96 bits per heavy atom. The van der Waals surface area contributed by atoms with Gasteiger partial charge in [0.25, 0.3) is 0 Å². The molecule has 142 valence electrons. The zero-order chi connectivity index (χ0) is 19.8. The van der Waals surface area contributed by atoms with Crippen molar-refractivity contribution < 1.29 is 28.2 Å². The zero-order valence-corrected chi connectivity index (χ0v) is 15.7. The molecular weight excluding hydrogens is 360 g/mol. The molecule has 0 bridgehead atoms. The molecule has 1 aromatic rings. The van der Waals surface area contributed by atoms with Gasteiger partial charge in [-0.15, -0.1) is 0 Å². The van der Waals surface area contributed by atoms with Gasteiger partial charge in [-0.1, -0.05) is 0 Å². The van der Waals surface area contributed by atoms with Crippen molar-refractivity contribution >= 4 is 15.9 Å². The van der Waals surface area contributed by atoms with E-state index in [9.17, 15) is 23.4 Å². The van der Waals surface area contributed by atoms with Gasteiger partial charge in [-0.3, -0.25) is 0 Å². The molecular formula is C17H22N2O6S. The van der Waals surface area contributed by atoms with Crippen molar-refractivity contribution in [1.29, 1.82) is 5.26 Å². The van der Waals surface area contributed by atoms with Crippen molar-refractivity contribution in [3.8, 4) is 6.07 Å². The molecule has 0 aliphatic carbocycles. The summed E-state index contributed by atoms with van der Waals surface area (Å²) < 4.78 is 31.1. The molecule has 1 aromatic carbocycles. The van der Waals surface area contributed by atoms with E-state index in [1.807, 2.05) is 6.07 Å². The summed E-state index contributed by atoms with van der Waals surface area (Å²) in [6.45, 7) is 3.51. The number of aliphatic hydroxyl groups excluding tert-OH is 1. The predicted molar refractivity (Wildman–Crippen MR) is 92.0 cm³/mol. The van der Waals surface area contributed by atoms with E-state index in [2.05, 4.69) is 0 Å². The highest BCUT2D eigenvalue weighted by Crippen LogP contribution is 2.32. The van der Waals surface area contributed by atoms with Crippen molar-refractivity contribution in [2.45, 2.75) is 42.1 Å². The fourth-order valence-electron chi connectivity index (χ4n) is 2.75. The number of hydrogen-bond donors (Lipinski definition) is 2. The van der Waals surface area contributed by atoms with Crippen LogP contribution in [0, 0.1) is 11.3 Å². The molecule has 0 aromatic heterocycles. The SMILES string of the molecule is CC(C)(C)OC(=O)N1CC(S(=O)(=O)c2ccc(C#N)cc2)C(O)(CO)C1. The molecule has 1 amide bonds. The van der Waals surface area contributed by atoms with Gasteiger partial charge < -0.3 is 19.8 Å². The lowest BCUT2D eigenvalue weighted by Crippen LogP contribution is -2.49. The van der Waals surface area contributed by atoms with Crippen molar-refractivity contribution in [1.82, 2.24) is 4.90 Å². The Kier molecular flexibility index (Phi) is 5.33. The second-order valence-corrected chi connectivity index (χ2v) is 9.42. The van der Waals surface area contributed by atoms with E-state index < -0.39 is 39.0 Å². The normalized spacial score (nSPS) is 23.5. The van der Waals surface area contributed by atoms with E-state index in [1.165, 1.54) is 24.3 Å². The minimum Gasteiger partial charge on any atom is -0.444 e. The summed E-state index contributed by atoms with van der Waals surface area (Å²) in [7, 11) is -4.06. The number of carbonyl (C=O) groups is 1. The molecule has 1 aliphatic rings. The zero-order valence-electron chi connectivity index (χ0n) is 14.8. The number of carbonyl (C=O) groups excluding carboxylic acids is 1. The Morgan fingerprint density at radius 1 is 1.38 bits per heavy atom. The summed E-state index contributed by atoms with van der Waals surface area (Å²) in [5.41, 5.74) is -2.49. The summed E-state index contributed by atoms with van der Waals surface area (Å²) in [6, 6.07) is 7.13. The van der Waals surface area contributed by atoms with Crippen molar-refractivity contribution in [3.05, 3.63) is 29.8 Å². The molecule has 1 saturated heterocycles. The van der Waals surface area contributed by atoms with Crippen LogP contribution in [0.15, 0.2) is 29.2 Å². The number of hydrogen-bond acceptors (Lipinski definition) is 7. The number of aliphatic hydroxyl groups is 2. The molecule has 0 radical (unpaired) electrons. The van der Waals surface area contributed by atoms with Crippen LogP contribution in [0.25, 0.3) is 0 Å². The van der Waals surface area contributed by atoms with E-state index in [-0.39, 0.29) is 18.0 Å². The van der Waals surface area contributed by atoms with Crippen LogP contribution in [0.3, 0.4) is 0 Å². The number of nitrogens with zero attached hydrogens (tertiary/aromatic N) is 2. The first kappa shape index (κ1) is 20.2. The van der Waals surface area contributed by atoms with Gasteiger partial charge in [0.15, 0.2) is 9.84 Å². The lowest BCUT2D eigenvalue weighted by atomic mass is 10.1. The van der Waals surface area contributed by atoms with Gasteiger partial charge in [-0.25, -0.2) is 13.2 Å². The van der Waals surface area contributed by atoms with Crippen molar-refractivity contribution in [2.24, 2.45) is 0 Å². The molecule has 1 heterocycles. The van der Waals surface area contributed by atoms with Crippen LogP contribution in [-0.2, 0) is 14.6 Å².